The van der Waals surface area contributed by atoms with Crippen molar-refractivity contribution in [2.24, 2.45) is 5.92 Å². The SMILES string of the molecule is CCNC(c1cc(Br)cc(Br)c1)C1CCCCCC1. The molecular weight excluding hydrogens is 366 g/mol. The van der Waals surface area contributed by atoms with Crippen molar-refractivity contribution in [1.29, 1.82) is 0 Å². The standard InChI is InChI=1S/C16H23Br2N/c1-2-19-16(12-7-5-3-4-6-8-12)13-9-14(17)11-15(18)10-13/h9-12,16,19H,2-8H2,1H3. The van der Waals surface area contributed by atoms with Crippen molar-refractivity contribution in [1.82, 2.24) is 5.32 Å². The van der Waals surface area contributed by atoms with E-state index in [0.717, 1.165) is 21.4 Å². The van der Waals surface area contributed by atoms with Gasteiger partial charge in [0, 0.05) is 15.0 Å². The van der Waals surface area contributed by atoms with E-state index in [2.05, 4.69) is 62.3 Å². The maximum atomic E-state index is 3.71. The van der Waals surface area contributed by atoms with Gasteiger partial charge in [0.25, 0.3) is 0 Å². The fourth-order valence-corrected chi connectivity index (χ4v) is 4.50. The summed E-state index contributed by atoms with van der Waals surface area (Å²) < 4.78 is 2.32. The van der Waals surface area contributed by atoms with Gasteiger partial charge in [-0.15, -0.1) is 0 Å². The smallest absolute Gasteiger partial charge is 0.0349 e. The molecule has 106 valence electrons. The van der Waals surface area contributed by atoms with E-state index in [1.54, 1.807) is 0 Å². The fraction of sp³-hybridized carbons (Fsp3) is 0.625. The number of halogens is 2. The molecule has 0 saturated heterocycles. The molecule has 1 aromatic rings. The summed E-state index contributed by atoms with van der Waals surface area (Å²) in [5.41, 5.74) is 1.41. The highest BCUT2D eigenvalue weighted by Gasteiger charge is 2.23. The topological polar surface area (TPSA) is 12.0 Å². The summed E-state index contributed by atoms with van der Waals surface area (Å²) in [4.78, 5) is 0. The molecule has 1 unspecified atom stereocenters. The minimum atomic E-state index is 0.497. The van der Waals surface area contributed by atoms with Gasteiger partial charge in [-0.1, -0.05) is 64.5 Å². The summed E-state index contributed by atoms with van der Waals surface area (Å²) in [6.07, 6.45) is 8.34. The Morgan fingerprint density at radius 3 is 2.16 bits per heavy atom. The van der Waals surface area contributed by atoms with Crippen molar-refractivity contribution in [3.8, 4) is 0 Å². The molecular formula is C16H23Br2N. The molecule has 1 aromatic carbocycles. The van der Waals surface area contributed by atoms with Gasteiger partial charge in [-0.3, -0.25) is 0 Å². The average molecular weight is 389 g/mol. The molecule has 0 amide bonds. The Bertz CT molecular complexity index is 377. The van der Waals surface area contributed by atoms with Crippen LogP contribution in [0.3, 0.4) is 0 Å². The molecule has 2 rings (SSSR count). The van der Waals surface area contributed by atoms with Gasteiger partial charge in [0.05, 0.1) is 0 Å². The van der Waals surface area contributed by atoms with E-state index < -0.39 is 0 Å². The van der Waals surface area contributed by atoms with Gasteiger partial charge in [0.2, 0.25) is 0 Å². The molecule has 1 nitrogen and oxygen atoms in total. The number of benzene rings is 1. The van der Waals surface area contributed by atoms with Crippen LogP contribution >= 0.6 is 31.9 Å². The second-order valence-corrected chi connectivity index (χ2v) is 7.32. The zero-order valence-corrected chi connectivity index (χ0v) is 14.8. The van der Waals surface area contributed by atoms with E-state index >= 15 is 0 Å². The first-order valence-electron chi connectivity index (χ1n) is 7.40. The molecule has 1 aliphatic rings. The highest BCUT2D eigenvalue weighted by Crippen LogP contribution is 2.35. The highest BCUT2D eigenvalue weighted by atomic mass is 79.9. The summed E-state index contributed by atoms with van der Waals surface area (Å²) in [5.74, 6) is 0.781. The van der Waals surface area contributed by atoms with Crippen LogP contribution in [0.4, 0.5) is 0 Å². The number of rotatable bonds is 4. The van der Waals surface area contributed by atoms with Gasteiger partial charge in [-0.25, -0.2) is 0 Å². The quantitative estimate of drug-likeness (QED) is 0.639. The van der Waals surface area contributed by atoms with Crippen molar-refractivity contribution in [3.05, 3.63) is 32.7 Å². The lowest BCUT2D eigenvalue weighted by Gasteiger charge is -2.28. The highest BCUT2D eigenvalue weighted by molar-refractivity contribution is 9.11. The molecule has 0 aromatic heterocycles. The Balaban J connectivity index is 2.22. The number of nitrogens with one attached hydrogen (secondary N) is 1. The normalized spacial score (nSPS) is 19.1. The summed E-state index contributed by atoms with van der Waals surface area (Å²) >= 11 is 7.23. The molecule has 1 fully saturated rings. The summed E-state index contributed by atoms with van der Waals surface area (Å²) in [7, 11) is 0. The lowest BCUT2D eigenvalue weighted by Crippen LogP contribution is -2.28. The van der Waals surface area contributed by atoms with Crippen LogP contribution in [-0.4, -0.2) is 6.54 Å². The molecule has 19 heavy (non-hydrogen) atoms. The fourth-order valence-electron chi connectivity index (χ4n) is 3.18. The molecule has 0 radical (unpaired) electrons. The molecule has 0 aliphatic heterocycles. The summed E-state index contributed by atoms with van der Waals surface area (Å²) in [6.45, 7) is 3.24. The van der Waals surface area contributed by atoms with Crippen LogP contribution in [0.2, 0.25) is 0 Å². The summed E-state index contributed by atoms with van der Waals surface area (Å²) in [5, 5.41) is 3.71. The first kappa shape index (κ1) is 15.5. The van der Waals surface area contributed by atoms with Crippen molar-refractivity contribution in [2.45, 2.75) is 51.5 Å². The summed E-state index contributed by atoms with van der Waals surface area (Å²) in [6, 6.07) is 7.14. The lowest BCUT2D eigenvalue weighted by molar-refractivity contribution is 0.330. The predicted octanol–water partition coefficient (Wildman–Crippen LogP) is 5.83. The molecule has 1 saturated carbocycles. The van der Waals surface area contributed by atoms with E-state index in [1.165, 1.54) is 44.1 Å². The average Bonchev–Trinajstić information content (AvgIpc) is 2.63. The van der Waals surface area contributed by atoms with Gasteiger partial charge in [-0.05, 0) is 49.1 Å². The lowest BCUT2D eigenvalue weighted by atomic mass is 9.87. The maximum Gasteiger partial charge on any atom is 0.0349 e. The van der Waals surface area contributed by atoms with E-state index in [0.29, 0.717) is 6.04 Å². The third-order valence-electron chi connectivity index (χ3n) is 4.04. The van der Waals surface area contributed by atoms with Crippen molar-refractivity contribution >= 4 is 31.9 Å². The van der Waals surface area contributed by atoms with Crippen LogP contribution in [0.5, 0.6) is 0 Å². The van der Waals surface area contributed by atoms with E-state index in [9.17, 15) is 0 Å². The van der Waals surface area contributed by atoms with Gasteiger partial charge in [-0.2, -0.15) is 0 Å². The van der Waals surface area contributed by atoms with Crippen LogP contribution in [0.25, 0.3) is 0 Å². The third-order valence-corrected chi connectivity index (χ3v) is 4.95. The molecule has 1 aliphatic carbocycles. The van der Waals surface area contributed by atoms with E-state index in [-0.39, 0.29) is 0 Å². The molecule has 0 bridgehead atoms. The third kappa shape index (κ3) is 4.57. The van der Waals surface area contributed by atoms with Crippen LogP contribution in [-0.2, 0) is 0 Å². The minimum Gasteiger partial charge on any atom is -0.310 e. The Labute approximate surface area is 133 Å². The Morgan fingerprint density at radius 2 is 1.63 bits per heavy atom. The molecule has 0 spiro atoms. The number of hydrogen-bond acceptors (Lipinski definition) is 1. The zero-order valence-electron chi connectivity index (χ0n) is 11.6. The van der Waals surface area contributed by atoms with Crippen LogP contribution in [0.15, 0.2) is 27.1 Å². The molecule has 0 heterocycles. The molecule has 1 atom stereocenters. The van der Waals surface area contributed by atoms with Crippen LogP contribution < -0.4 is 5.32 Å². The molecule has 1 N–H and O–H groups in total. The Hall–Kier alpha value is 0.140. The van der Waals surface area contributed by atoms with Crippen molar-refractivity contribution in [2.75, 3.05) is 6.54 Å². The minimum absolute atomic E-state index is 0.497. The van der Waals surface area contributed by atoms with E-state index in [4.69, 9.17) is 0 Å². The molecule has 3 heteroatoms. The maximum absolute atomic E-state index is 3.71. The van der Waals surface area contributed by atoms with Gasteiger partial charge >= 0.3 is 0 Å². The zero-order chi connectivity index (χ0) is 13.7. The number of hydrogen-bond donors (Lipinski definition) is 1. The first-order chi connectivity index (χ1) is 9.20. The van der Waals surface area contributed by atoms with Crippen LogP contribution in [0, 0.1) is 5.92 Å². The van der Waals surface area contributed by atoms with Crippen molar-refractivity contribution < 1.29 is 0 Å². The monoisotopic (exact) mass is 387 g/mol. The Kier molecular flexibility index (Phi) is 6.37. The van der Waals surface area contributed by atoms with Gasteiger partial charge in [0.15, 0.2) is 0 Å². The largest absolute Gasteiger partial charge is 0.310 e. The van der Waals surface area contributed by atoms with Gasteiger partial charge in [0.1, 0.15) is 0 Å². The van der Waals surface area contributed by atoms with Crippen LogP contribution in [0.1, 0.15) is 57.1 Å². The second-order valence-electron chi connectivity index (χ2n) is 5.49. The van der Waals surface area contributed by atoms with Gasteiger partial charge < -0.3 is 5.32 Å². The van der Waals surface area contributed by atoms with Crippen molar-refractivity contribution in [3.63, 3.8) is 0 Å². The van der Waals surface area contributed by atoms with E-state index in [1.807, 2.05) is 0 Å². The Morgan fingerprint density at radius 1 is 1.05 bits per heavy atom. The first-order valence-corrected chi connectivity index (χ1v) is 8.98. The predicted molar refractivity (Wildman–Crippen MR) is 89.5 cm³/mol. The second kappa shape index (κ2) is 7.80.